The van der Waals surface area contributed by atoms with Gasteiger partial charge in [0.2, 0.25) is 5.88 Å². The van der Waals surface area contributed by atoms with Gasteiger partial charge in [-0.25, -0.2) is 19.9 Å². The van der Waals surface area contributed by atoms with Crippen molar-refractivity contribution in [1.29, 1.82) is 5.26 Å². The lowest BCUT2D eigenvalue weighted by Gasteiger charge is -2.31. The first-order valence-corrected chi connectivity index (χ1v) is 15.6. The number of ether oxygens (including phenoxy) is 1. The third kappa shape index (κ3) is 6.58. The molecule has 7 rings (SSSR count). The van der Waals surface area contributed by atoms with Crippen LogP contribution in [0.4, 0.5) is 5.82 Å². The molecule has 230 valence electrons. The number of piperidine rings is 1. The van der Waals surface area contributed by atoms with Gasteiger partial charge in [-0.1, -0.05) is 56.3 Å². The normalized spacial score (nSPS) is 13.5. The van der Waals surface area contributed by atoms with E-state index >= 15 is 0 Å². The Labute approximate surface area is 269 Å². The van der Waals surface area contributed by atoms with Gasteiger partial charge in [0.1, 0.15) is 17.4 Å². The minimum Gasteiger partial charge on any atom is -0.474 e. The molecule has 2 aromatic carbocycles. The van der Waals surface area contributed by atoms with E-state index in [-0.39, 0.29) is 6.10 Å². The Balaban J connectivity index is 0.00000182. The quantitative estimate of drug-likeness (QED) is 0.204. The zero-order valence-corrected chi connectivity index (χ0v) is 26.0. The predicted molar refractivity (Wildman–Crippen MR) is 181 cm³/mol. The molecule has 6 aromatic rings. The number of benzene rings is 2. The molecule has 2 N–H and O–H groups in total. The van der Waals surface area contributed by atoms with Gasteiger partial charge in [-0.2, -0.15) is 5.26 Å². The Morgan fingerprint density at radius 1 is 0.870 bits per heavy atom. The molecule has 1 saturated heterocycles. The number of nitrogens with two attached hydrogens (primary N) is 1. The number of nitrogens with zero attached hydrogens (tertiary/aromatic N) is 7. The largest absolute Gasteiger partial charge is 0.474 e. The van der Waals surface area contributed by atoms with Gasteiger partial charge in [0.25, 0.3) is 0 Å². The van der Waals surface area contributed by atoms with E-state index in [1.54, 1.807) is 24.5 Å². The number of anilines is 1. The fraction of sp³-hybridized carbons (Fsp3) is 0.216. The molecule has 0 unspecified atom stereocenters. The molecule has 1 aliphatic rings. The Hall–Kier alpha value is -5.59. The number of imidazole rings is 1. The van der Waals surface area contributed by atoms with Crippen molar-refractivity contribution in [2.24, 2.45) is 0 Å². The summed E-state index contributed by atoms with van der Waals surface area (Å²) >= 11 is 0. The number of fused-ring (bicyclic) bond motifs is 1. The van der Waals surface area contributed by atoms with Crippen molar-refractivity contribution in [1.82, 2.24) is 29.4 Å². The monoisotopic (exact) mass is 608 g/mol. The van der Waals surface area contributed by atoms with Crippen LogP contribution >= 0.6 is 0 Å². The van der Waals surface area contributed by atoms with Gasteiger partial charge in [0.05, 0.1) is 17.2 Å². The molecule has 1 fully saturated rings. The van der Waals surface area contributed by atoms with Gasteiger partial charge in [-0.15, -0.1) is 0 Å². The second-order valence-electron chi connectivity index (χ2n) is 10.9. The average Bonchev–Trinajstić information content (AvgIpc) is 3.49. The van der Waals surface area contributed by atoms with E-state index in [1.165, 1.54) is 5.56 Å². The number of likely N-dealkylation sites (tertiary alicyclic amines) is 1. The number of hydrogen-bond acceptors (Lipinski definition) is 8. The van der Waals surface area contributed by atoms with Crippen molar-refractivity contribution < 1.29 is 4.74 Å². The van der Waals surface area contributed by atoms with Gasteiger partial charge in [0, 0.05) is 55.5 Å². The van der Waals surface area contributed by atoms with Gasteiger partial charge < -0.3 is 10.5 Å². The first kappa shape index (κ1) is 30.4. The summed E-state index contributed by atoms with van der Waals surface area (Å²) in [5, 5.41) is 9.13. The van der Waals surface area contributed by atoms with E-state index in [0.717, 1.165) is 66.0 Å². The zero-order valence-electron chi connectivity index (χ0n) is 26.0. The van der Waals surface area contributed by atoms with Gasteiger partial charge in [0.15, 0.2) is 11.5 Å². The molecule has 1 aliphatic heterocycles. The fourth-order valence-electron chi connectivity index (χ4n) is 5.69. The molecule has 0 amide bonds. The van der Waals surface area contributed by atoms with E-state index in [9.17, 15) is 0 Å². The second kappa shape index (κ2) is 14.0. The highest BCUT2D eigenvalue weighted by Crippen LogP contribution is 2.32. The van der Waals surface area contributed by atoms with Crippen molar-refractivity contribution in [3.63, 3.8) is 0 Å². The molecule has 0 spiro atoms. The molecule has 5 heterocycles. The van der Waals surface area contributed by atoms with Crippen molar-refractivity contribution in [3.8, 4) is 40.2 Å². The van der Waals surface area contributed by atoms with Crippen molar-refractivity contribution >= 4 is 17.0 Å². The van der Waals surface area contributed by atoms with E-state index in [2.05, 4.69) is 68.0 Å². The molecule has 0 saturated carbocycles. The van der Waals surface area contributed by atoms with Crippen LogP contribution < -0.4 is 10.5 Å². The van der Waals surface area contributed by atoms with Crippen LogP contribution in [0.25, 0.3) is 39.4 Å². The Morgan fingerprint density at radius 2 is 1.65 bits per heavy atom. The molecule has 4 aromatic heterocycles. The van der Waals surface area contributed by atoms with E-state index in [0.29, 0.717) is 23.1 Å². The Bertz CT molecular complexity index is 1960. The Morgan fingerprint density at radius 3 is 2.39 bits per heavy atom. The first-order chi connectivity index (χ1) is 22.6. The first-order valence-electron chi connectivity index (χ1n) is 15.6. The van der Waals surface area contributed by atoms with Gasteiger partial charge >= 0.3 is 0 Å². The maximum Gasteiger partial charge on any atom is 0.214 e. The molecule has 9 nitrogen and oxygen atoms in total. The number of nitrogen functional groups attached to an aromatic ring is 1. The summed E-state index contributed by atoms with van der Waals surface area (Å²) in [6, 6.07) is 30.1. The molecule has 9 heteroatoms. The molecule has 0 radical (unpaired) electrons. The summed E-state index contributed by atoms with van der Waals surface area (Å²) in [6.45, 7) is 6.70. The van der Waals surface area contributed by atoms with Crippen molar-refractivity contribution in [2.45, 2.75) is 39.3 Å². The number of hydrogen-bond donors (Lipinski definition) is 1. The minimum absolute atomic E-state index is 0.0952. The number of pyridine rings is 3. The zero-order chi connectivity index (χ0) is 31.9. The molecule has 0 atom stereocenters. The molecular formula is C37H36N8O. The van der Waals surface area contributed by atoms with Gasteiger partial charge in [-0.05, 0) is 60.4 Å². The van der Waals surface area contributed by atoms with Gasteiger partial charge in [-0.3, -0.25) is 9.47 Å². The summed E-state index contributed by atoms with van der Waals surface area (Å²) < 4.78 is 8.12. The lowest BCUT2D eigenvalue weighted by molar-refractivity contribution is 0.0932. The van der Waals surface area contributed by atoms with Crippen LogP contribution in [0.5, 0.6) is 5.88 Å². The summed E-state index contributed by atoms with van der Waals surface area (Å²) in [5.41, 5.74) is 13.5. The smallest absolute Gasteiger partial charge is 0.214 e. The predicted octanol–water partition coefficient (Wildman–Crippen LogP) is 7.07. The van der Waals surface area contributed by atoms with Crippen molar-refractivity contribution in [3.05, 3.63) is 115 Å². The number of aromatic nitrogens is 5. The topological polar surface area (TPSA) is 119 Å². The summed E-state index contributed by atoms with van der Waals surface area (Å²) in [7, 11) is 0. The highest BCUT2D eigenvalue weighted by Gasteiger charge is 2.22. The fourth-order valence-corrected chi connectivity index (χ4v) is 5.69. The third-order valence-corrected chi connectivity index (χ3v) is 7.97. The lowest BCUT2D eigenvalue weighted by Crippen LogP contribution is -2.37. The summed E-state index contributed by atoms with van der Waals surface area (Å²) in [6.07, 6.45) is 7.10. The van der Waals surface area contributed by atoms with Crippen LogP contribution in [0.3, 0.4) is 0 Å². The van der Waals surface area contributed by atoms with Crippen LogP contribution in [0, 0.1) is 11.3 Å². The third-order valence-electron chi connectivity index (χ3n) is 7.97. The molecular weight excluding hydrogens is 572 g/mol. The van der Waals surface area contributed by atoms with Crippen LogP contribution in [-0.2, 0) is 6.54 Å². The maximum absolute atomic E-state index is 9.13. The van der Waals surface area contributed by atoms with Crippen LogP contribution in [0.2, 0.25) is 0 Å². The van der Waals surface area contributed by atoms with Crippen LogP contribution in [0.1, 0.15) is 37.8 Å². The molecule has 0 bridgehead atoms. The SMILES string of the molecule is CC.N#Cc1ccnc(OC2CCN(Cc3ccc(-n4c(-c5cccnc5N)nc5cc(-c6ccccc6)cnc54)cc3)CC2)c1. The van der Waals surface area contributed by atoms with Crippen LogP contribution in [0.15, 0.2) is 104 Å². The lowest BCUT2D eigenvalue weighted by atomic mass is 10.1. The standard InChI is InChI=1S/C35H30N8O.C2H6/c36-21-25-12-16-38-32(19-25)44-29-13-17-42(18-14-29)23-24-8-10-28(11-9-24)43-34(30-7-4-15-39-33(30)37)41-31-20-27(22-40-35(31)43)26-5-2-1-3-6-26;1-2/h1-12,15-16,19-20,22,29H,13-14,17-18,23H2,(H2,37,39);1-2H3. The highest BCUT2D eigenvalue weighted by molar-refractivity contribution is 5.85. The highest BCUT2D eigenvalue weighted by atomic mass is 16.5. The second-order valence-corrected chi connectivity index (χ2v) is 10.9. The summed E-state index contributed by atoms with van der Waals surface area (Å²) in [4.78, 5) is 20.9. The average molecular weight is 609 g/mol. The maximum atomic E-state index is 9.13. The van der Waals surface area contributed by atoms with Crippen molar-refractivity contribution in [2.75, 3.05) is 18.8 Å². The molecule has 0 aliphatic carbocycles. The molecule has 46 heavy (non-hydrogen) atoms. The Kier molecular flexibility index (Phi) is 9.27. The van der Waals surface area contributed by atoms with E-state index in [1.807, 2.05) is 50.4 Å². The minimum atomic E-state index is 0.0952. The number of nitriles is 1. The number of rotatable bonds is 7. The van der Waals surface area contributed by atoms with E-state index in [4.69, 9.17) is 25.7 Å². The van der Waals surface area contributed by atoms with Crippen LogP contribution in [-0.4, -0.2) is 48.6 Å². The van der Waals surface area contributed by atoms with E-state index < -0.39 is 0 Å². The summed E-state index contributed by atoms with van der Waals surface area (Å²) in [5.74, 6) is 1.64.